The van der Waals surface area contributed by atoms with Crippen LogP contribution in [-0.2, 0) is 11.3 Å². The second-order valence-electron chi connectivity index (χ2n) is 2.18. The van der Waals surface area contributed by atoms with Crippen LogP contribution in [0.4, 0.5) is 8.78 Å². The van der Waals surface area contributed by atoms with Crippen molar-refractivity contribution in [3.8, 4) is 0 Å². The van der Waals surface area contributed by atoms with Crippen molar-refractivity contribution < 1.29 is 13.5 Å². The van der Waals surface area contributed by atoms with Gasteiger partial charge in [-0.2, -0.15) is 0 Å². The Kier molecular flexibility index (Phi) is 3.09. The van der Waals surface area contributed by atoms with E-state index >= 15 is 0 Å². The summed E-state index contributed by atoms with van der Waals surface area (Å²) < 4.78 is 30.2. The van der Waals surface area contributed by atoms with E-state index < -0.39 is 6.43 Å². The van der Waals surface area contributed by atoms with Gasteiger partial charge in [-0.25, -0.2) is 8.78 Å². The van der Waals surface area contributed by atoms with E-state index in [-0.39, 0.29) is 5.82 Å². The Balaban J connectivity index is 2.64. The van der Waals surface area contributed by atoms with Crippen LogP contribution >= 0.6 is 0 Å². The molecule has 1 aromatic heterocycles. The maximum Gasteiger partial charge on any atom is 0.297 e. The van der Waals surface area contributed by atoms with Crippen molar-refractivity contribution in [3.63, 3.8) is 0 Å². The number of ether oxygens (including phenoxy) is 1. The van der Waals surface area contributed by atoms with E-state index in [4.69, 9.17) is 4.74 Å². The molecule has 0 aromatic carbocycles. The van der Waals surface area contributed by atoms with Crippen LogP contribution in [0.5, 0.6) is 0 Å². The molecule has 0 atom stereocenters. The van der Waals surface area contributed by atoms with Crippen molar-refractivity contribution in [1.82, 2.24) is 14.8 Å². The summed E-state index contributed by atoms with van der Waals surface area (Å²) in [6.07, 6.45) is -1.31. The summed E-state index contributed by atoms with van der Waals surface area (Å²) >= 11 is 0. The summed E-state index contributed by atoms with van der Waals surface area (Å²) in [6, 6.07) is 0. The number of rotatable bonds is 4. The molecule has 0 bridgehead atoms. The van der Waals surface area contributed by atoms with Gasteiger partial charge in [0, 0.05) is 13.7 Å². The van der Waals surface area contributed by atoms with Gasteiger partial charge in [-0.3, -0.25) is 0 Å². The van der Waals surface area contributed by atoms with Gasteiger partial charge in [0.05, 0.1) is 6.61 Å². The number of hydrogen-bond donors (Lipinski definition) is 0. The second-order valence-corrected chi connectivity index (χ2v) is 2.18. The molecule has 0 amide bonds. The summed E-state index contributed by atoms with van der Waals surface area (Å²) in [5.41, 5.74) is 0. The van der Waals surface area contributed by atoms with E-state index in [2.05, 4.69) is 10.2 Å². The number of hydrogen-bond acceptors (Lipinski definition) is 3. The summed E-state index contributed by atoms with van der Waals surface area (Å²) in [7, 11) is 1.51. The van der Waals surface area contributed by atoms with Gasteiger partial charge in [-0.05, 0) is 0 Å². The molecule has 68 valence electrons. The van der Waals surface area contributed by atoms with Crippen molar-refractivity contribution in [1.29, 1.82) is 0 Å². The van der Waals surface area contributed by atoms with Crippen LogP contribution in [0, 0.1) is 0 Å². The molecule has 1 aromatic rings. The monoisotopic (exact) mass is 177 g/mol. The molecule has 6 heteroatoms. The average Bonchev–Trinajstić information content (AvgIpc) is 2.48. The molecule has 0 aliphatic rings. The third-order valence-electron chi connectivity index (χ3n) is 1.38. The third-order valence-corrected chi connectivity index (χ3v) is 1.38. The molecule has 0 fully saturated rings. The molecule has 0 radical (unpaired) electrons. The van der Waals surface area contributed by atoms with Gasteiger partial charge in [0.2, 0.25) is 0 Å². The highest BCUT2D eigenvalue weighted by molar-refractivity contribution is 4.86. The van der Waals surface area contributed by atoms with Crippen LogP contribution < -0.4 is 0 Å². The molecule has 0 aliphatic carbocycles. The summed E-state index contributed by atoms with van der Waals surface area (Å²) in [5, 5.41) is 6.65. The molecule has 1 rings (SSSR count). The molecule has 0 N–H and O–H groups in total. The Morgan fingerprint density at radius 1 is 1.67 bits per heavy atom. The fraction of sp³-hybridized carbons (Fsp3) is 0.667. The molecule has 0 saturated carbocycles. The van der Waals surface area contributed by atoms with Crippen molar-refractivity contribution in [2.24, 2.45) is 0 Å². The summed E-state index contributed by atoms with van der Waals surface area (Å²) in [4.78, 5) is 0. The Labute approximate surface area is 68.2 Å². The topological polar surface area (TPSA) is 39.9 Å². The maximum absolute atomic E-state index is 12.1. The number of nitrogens with zero attached hydrogens (tertiary/aromatic N) is 3. The fourth-order valence-electron chi connectivity index (χ4n) is 0.795. The minimum atomic E-state index is -2.58. The molecule has 0 saturated heterocycles. The van der Waals surface area contributed by atoms with Crippen LogP contribution in [0.2, 0.25) is 0 Å². The highest BCUT2D eigenvalue weighted by atomic mass is 19.3. The first-order valence-electron chi connectivity index (χ1n) is 3.40. The van der Waals surface area contributed by atoms with Gasteiger partial charge >= 0.3 is 0 Å². The molecule has 1 heterocycles. The molecule has 12 heavy (non-hydrogen) atoms. The molecular formula is C6H9F2N3O. The molecular weight excluding hydrogens is 168 g/mol. The van der Waals surface area contributed by atoms with Gasteiger partial charge in [-0.1, -0.05) is 0 Å². The molecule has 0 unspecified atom stereocenters. The lowest BCUT2D eigenvalue weighted by molar-refractivity contribution is 0.129. The standard InChI is InChI=1S/C6H9F2N3O/c1-12-3-2-11-4-9-10-6(11)5(7)8/h4-5H,2-3H2,1H3. The summed E-state index contributed by atoms with van der Waals surface area (Å²) in [5.74, 6) is -0.313. The minimum Gasteiger partial charge on any atom is -0.383 e. The third kappa shape index (κ3) is 1.97. The van der Waals surface area contributed by atoms with Crippen LogP contribution in [0.15, 0.2) is 6.33 Å². The normalized spacial score (nSPS) is 11.0. The van der Waals surface area contributed by atoms with Gasteiger partial charge in [0.15, 0.2) is 5.82 Å². The van der Waals surface area contributed by atoms with E-state index in [1.165, 1.54) is 18.0 Å². The number of methoxy groups -OCH3 is 1. The first-order chi connectivity index (χ1) is 5.75. The fourth-order valence-corrected chi connectivity index (χ4v) is 0.795. The zero-order chi connectivity index (χ0) is 8.97. The van der Waals surface area contributed by atoms with Crippen LogP contribution in [0.1, 0.15) is 12.2 Å². The zero-order valence-electron chi connectivity index (χ0n) is 6.57. The Morgan fingerprint density at radius 3 is 3.00 bits per heavy atom. The second kappa shape index (κ2) is 4.10. The first-order valence-corrected chi connectivity index (χ1v) is 3.40. The van der Waals surface area contributed by atoms with Crippen LogP contribution in [-0.4, -0.2) is 28.5 Å². The quantitative estimate of drug-likeness (QED) is 0.684. The van der Waals surface area contributed by atoms with Crippen LogP contribution in [0.3, 0.4) is 0 Å². The zero-order valence-corrected chi connectivity index (χ0v) is 6.57. The van der Waals surface area contributed by atoms with Crippen molar-refractivity contribution in [2.75, 3.05) is 13.7 Å². The minimum absolute atomic E-state index is 0.313. The lowest BCUT2D eigenvalue weighted by atomic mass is 10.6. The predicted molar refractivity (Wildman–Crippen MR) is 36.9 cm³/mol. The Bertz CT molecular complexity index is 238. The van der Waals surface area contributed by atoms with Gasteiger partial charge < -0.3 is 9.30 Å². The Hall–Kier alpha value is -1.04. The van der Waals surface area contributed by atoms with E-state index in [1.54, 1.807) is 0 Å². The largest absolute Gasteiger partial charge is 0.383 e. The molecule has 0 aliphatic heterocycles. The van der Waals surface area contributed by atoms with Crippen LogP contribution in [0.25, 0.3) is 0 Å². The number of halogens is 2. The van der Waals surface area contributed by atoms with E-state index in [1.807, 2.05) is 0 Å². The highest BCUT2D eigenvalue weighted by Crippen LogP contribution is 2.14. The van der Waals surface area contributed by atoms with Crippen molar-refractivity contribution in [2.45, 2.75) is 13.0 Å². The van der Waals surface area contributed by atoms with E-state index in [0.717, 1.165) is 0 Å². The smallest absolute Gasteiger partial charge is 0.297 e. The predicted octanol–water partition coefficient (Wildman–Crippen LogP) is 0.862. The van der Waals surface area contributed by atoms with Gasteiger partial charge in [-0.15, -0.1) is 10.2 Å². The van der Waals surface area contributed by atoms with Gasteiger partial charge in [0.1, 0.15) is 6.33 Å². The van der Waals surface area contributed by atoms with Crippen molar-refractivity contribution >= 4 is 0 Å². The number of alkyl halides is 2. The first kappa shape index (κ1) is 9.05. The van der Waals surface area contributed by atoms with Gasteiger partial charge in [0.25, 0.3) is 6.43 Å². The lowest BCUT2D eigenvalue weighted by Gasteiger charge is -2.03. The van der Waals surface area contributed by atoms with E-state index in [0.29, 0.717) is 13.2 Å². The Morgan fingerprint density at radius 2 is 2.42 bits per heavy atom. The molecule has 0 spiro atoms. The maximum atomic E-state index is 12.1. The van der Waals surface area contributed by atoms with E-state index in [9.17, 15) is 8.78 Å². The summed E-state index contributed by atoms with van der Waals surface area (Å²) in [6.45, 7) is 0.723. The average molecular weight is 177 g/mol. The highest BCUT2D eigenvalue weighted by Gasteiger charge is 2.14. The number of aromatic nitrogens is 3. The molecule has 4 nitrogen and oxygen atoms in total. The lowest BCUT2D eigenvalue weighted by Crippen LogP contribution is -2.07. The van der Waals surface area contributed by atoms with Crippen molar-refractivity contribution in [3.05, 3.63) is 12.2 Å². The SMILES string of the molecule is COCCn1cnnc1C(F)F.